The lowest BCUT2D eigenvalue weighted by atomic mass is 10.1. The zero-order valence-corrected chi connectivity index (χ0v) is 16.6. The molecule has 1 fully saturated rings. The summed E-state index contributed by atoms with van der Waals surface area (Å²) in [5, 5.41) is 2.74. The van der Waals surface area contributed by atoms with Gasteiger partial charge in [0, 0.05) is 25.3 Å². The maximum atomic E-state index is 12.6. The number of benzene rings is 2. The minimum Gasteiger partial charge on any atom is -0.494 e. The van der Waals surface area contributed by atoms with E-state index in [-0.39, 0.29) is 12.3 Å². The molecule has 8 heteroatoms. The first kappa shape index (κ1) is 22.1. The second kappa shape index (κ2) is 10.4. The Balaban J connectivity index is 1.39. The van der Waals surface area contributed by atoms with Gasteiger partial charge in [0.25, 0.3) is 0 Å². The quantitative estimate of drug-likeness (QED) is 0.654. The molecule has 162 valence electrons. The van der Waals surface area contributed by atoms with E-state index in [0.717, 1.165) is 57.2 Å². The molecule has 0 aliphatic carbocycles. The highest BCUT2D eigenvalue weighted by atomic mass is 19.4. The molecular weight excluding hydrogens is 397 g/mol. The maximum Gasteiger partial charge on any atom is 0.416 e. The molecule has 1 aliphatic heterocycles. The van der Waals surface area contributed by atoms with Gasteiger partial charge in [-0.05, 0) is 48.4 Å². The van der Waals surface area contributed by atoms with Crippen LogP contribution in [-0.4, -0.2) is 50.3 Å². The topological polar surface area (TPSA) is 50.8 Å². The fourth-order valence-corrected chi connectivity index (χ4v) is 3.14. The number of amides is 1. The van der Waals surface area contributed by atoms with Crippen LogP contribution >= 0.6 is 0 Å². The van der Waals surface area contributed by atoms with E-state index in [1.807, 2.05) is 0 Å². The van der Waals surface area contributed by atoms with E-state index in [2.05, 4.69) is 10.2 Å². The highest BCUT2D eigenvalue weighted by molar-refractivity contribution is 5.92. The zero-order chi connectivity index (χ0) is 21.4. The van der Waals surface area contributed by atoms with Gasteiger partial charge >= 0.3 is 6.18 Å². The molecule has 0 saturated carbocycles. The van der Waals surface area contributed by atoms with Gasteiger partial charge in [0.05, 0.1) is 31.8 Å². The molecule has 2 aromatic carbocycles. The molecule has 0 radical (unpaired) electrons. The predicted octanol–water partition coefficient (Wildman–Crippen LogP) is 3.99. The number of rotatable bonds is 8. The number of carbonyl (C=O) groups excluding carboxylic acids is 1. The highest BCUT2D eigenvalue weighted by Gasteiger charge is 2.29. The smallest absolute Gasteiger partial charge is 0.416 e. The van der Waals surface area contributed by atoms with Crippen molar-refractivity contribution >= 4 is 11.6 Å². The summed E-state index contributed by atoms with van der Waals surface area (Å²) in [5.41, 5.74) is 0.389. The standard InChI is InChI=1S/C22H25F3N2O3/c23-22(24,25)18-4-2-17(3-5-18)16-21(28)26-19-6-8-20(9-7-19)30-13-1-10-27-11-14-29-15-12-27/h2-9H,1,10-16H2,(H,26,28). The predicted molar refractivity (Wildman–Crippen MR) is 108 cm³/mol. The summed E-state index contributed by atoms with van der Waals surface area (Å²) in [6, 6.07) is 11.6. The Morgan fingerprint density at radius 2 is 1.70 bits per heavy atom. The Morgan fingerprint density at radius 1 is 1.03 bits per heavy atom. The van der Waals surface area contributed by atoms with Gasteiger partial charge in [-0.3, -0.25) is 9.69 Å². The molecule has 1 N–H and O–H groups in total. The summed E-state index contributed by atoms with van der Waals surface area (Å²) >= 11 is 0. The molecule has 0 unspecified atom stereocenters. The third-order valence-electron chi connectivity index (χ3n) is 4.78. The third-order valence-corrected chi connectivity index (χ3v) is 4.78. The lowest BCUT2D eigenvalue weighted by molar-refractivity contribution is -0.137. The molecule has 1 heterocycles. The van der Waals surface area contributed by atoms with Crippen molar-refractivity contribution in [3.8, 4) is 5.75 Å². The van der Waals surface area contributed by atoms with Crippen molar-refractivity contribution in [1.82, 2.24) is 4.90 Å². The highest BCUT2D eigenvalue weighted by Crippen LogP contribution is 2.29. The lowest BCUT2D eigenvalue weighted by Gasteiger charge is -2.26. The van der Waals surface area contributed by atoms with E-state index >= 15 is 0 Å². The van der Waals surface area contributed by atoms with E-state index in [1.165, 1.54) is 12.1 Å². The minimum atomic E-state index is -4.38. The third kappa shape index (κ3) is 7.03. The molecule has 1 amide bonds. The molecule has 0 bridgehead atoms. The second-order valence-corrected chi connectivity index (χ2v) is 7.10. The molecule has 30 heavy (non-hydrogen) atoms. The molecule has 0 atom stereocenters. The Bertz CT molecular complexity index is 802. The molecular formula is C22H25F3N2O3. The fraction of sp³-hybridized carbons (Fsp3) is 0.409. The van der Waals surface area contributed by atoms with Crippen molar-refractivity contribution in [1.29, 1.82) is 0 Å². The summed E-state index contributed by atoms with van der Waals surface area (Å²) in [6.45, 7) is 5.07. The van der Waals surface area contributed by atoms with E-state index < -0.39 is 11.7 Å². The lowest BCUT2D eigenvalue weighted by Crippen LogP contribution is -2.37. The summed E-state index contributed by atoms with van der Waals surface area (Å²) in [5.74, 6) is 0.423. The van der Waals surface area contributed by atoms with Crippen LogP contribution in [0, 0.1) is 0 Å². The number of anilines is 1. The summed E-state index contributed by atoms with van der Waals surface area (Å²) in [7, 11) is 0. The number of nitrogens with one attached hydrogen (secondary N) is 1. The number of hydrogen-bond donors (Lipinski definition) is 1. The number of ether oxygens (including phenoxy) is 2. The summed E-state index contributed by atoms with van der Waals surface area (Å²) in [4.78, 5) is 14.5. The van der Waals surface area contributed by atoms with Gasteiger partial charge in [-0.15, -0.1) is 0 Å². The van der Waals surface area contributed by atoms with Crippen molar-refractivity contribution in [2.24, 2.45) is 0 Å². The number of nitrogens with zero attached hydrogens (tertiary/aromatic N) is 1. The van der Waals surface area contributed by atoms with E-state index in [4.69, 9.17) is 9.47 Å². The van der Waals surface area contributed by atoms with Crippen LogP contribution in [0.3, 0.4) is 0 Å². The number of carbonyl (C=O) groups is 1. The first-order valence-corrected chi connectivity index (χ1v) is 9.89. The first-order valence-electron chi connectivity index (χ1n) is 9.89. The minimum absolute atomic E-state index is 0.00205. The Hall–Kier alpha value is -2.58. The zero-order valence-electron chi connectivity index (χ0n) is 16.6. The molecule has 3 rings (SSSR count). The van der Waals surface area contributed by atoms with Crippen LogP contribution in [0.5, 0.6) is 5.75 Å². The van der Waals surface area contributed by atoms with E-state index in [0.29, 0.717) is 17.9 Å². The van der Waals surface area contributed by atoms with Crippen LogP contribution in [0.4, 0.5) is 18.9 Å². The second-order valence-electron chi connectivity index (χ2n) is 7.10. The van der Waals surface area contributed by atoms with Crippen LogP contribution in [0.2, 0.25) is 0 Å². The largest absolute Gasteiger partial charge is 0.494 e. The van der Waals surface area contributed by atoms with Crippen LogP contribution in [0.25, 0.3) is 0 Å². The average Bonchev–Trinajstić information content (AvgIpc) is 2.73. The van der Waals surface area contributed by atoms with Crippen LogP contribution in [0.1, 0.15) is 17.5 Å². The van der Waals surface area contributed by atoms with Crippen molar-refractivity contribution in [3.63, 3.8) is 0 Å². The number of alkyl halides is 3. The van der Waals surface area contributed by atoms with Gasteiger partial charge in [0.2, 0.25) is 5.91 Å². The Kier molecular flexibility index (Phi) is 7.70. The number of halogens is 3. The van der Waals surface area contributed by atoms with E-state index in [1.54, 1.807) is 24.3 Å². The van der Waals surface area contributed by atoms with E-state index in [9.17, 15) is 18.0 Å². The molecule has 0 aromatic heterocycles. The van der Waals surface area contributed by atoms with Crippen LogP contribution in [0.15, 0.2) is 48.5 Å². The SMILES string of the molecule is O=C(Cc1ccc(C(F)(F)F)cc1)Nc1ccc(OCCCN2CCOCC2)cc1. The first-order chi connectivity index (χ1) is 14.4. The van der Waals surface area contributed by atoms with Crippen molar-refractivity contribution in [2.75, 3.05) is 44.8 Å². The summed E-state index contributed by atoms with van der Waals surface area (Å²) in [6.07, 6.45) is -3.46. The molecule has 1 aliphatic rings. The normalized spacial score (nSPS) is 15.0. The maximum absolute atomic E-state index is 12.6. The van der Waals surface area contributed by atoms with Gasteiger partial charge in [-0.2, -0.15) is 13.2 Å². The van der Waals surface area contributed by atoms with Gasteiger partial charge in [0.15, 0.2) is 0 Å². The van der Waals surface area contributed by atoms with Gasteiger partial charge in [-0.25, -0.2) is 0 Å². The monoisotopic (exact) mass is 422 g/mol. The van der Waals surface area contributed by atoms with Crippen LogP contribution < -0.4 is 10.1 Å². The van der Waals surface area contributed by atoms with Gasteiger partial charge in [0.1, 0.15) is 5.75 Å². The van der Waals surface area contributed by atoms with Crippen molar-refractivity contribution < 1.29 is 27.4 Å². The Morgan fingerprint density at radius 3 is 2.33 bits per heavy atom. The number of hydrogen-bond acceptors (Lipinski definition) is 4. The fourth-order valence-electron chi connectivity index (χ4n) is 3.14. The van der Waals surface area contributed by atoms with Crippen molar-refractivity contribution in [3.05, 3.63) is 59.7 Å². The molecule has 1 saturated heterocycles. The molecule has 5 nitrogen and oxygen atoms in total. The Labute approximate surface area is 173 Å². The van der Waals surface area contributed by atoms with Gasteiger partial charge in [-0.1, -0.05) is 12.1 Å². The molecule has 2 aromatic rings. The van der Waals surface area contributed by atoms with Crippen molar-refractivity contribution in [2.45, 2.75) is 19.0 Å². The molecule has 0 spiro atoms. The average molecular weight is 422 g/mol. The number of morpholine rings is 1. The summed E-state index contributed by atoms with van der Waals surface area (Å²) < 4.78 is 48.8. The van der Waals surface area contributed by atoms with Crippen LogP contribution in [-0.2, 0) is 22.1 Å². The van der Waals surface area contributed by atoms with Gasteiger partial charge < -0.3 is 14.8 Å².